The van der Waals surface area contributed by atoms with E-state index in [-0.39, 0.29) is 0 Å². The van der Waals surface area contributed by atoms with Crippen molar-refractivity contribution in [2.24, 2.45) is 35.0 Å². The van der Waals surface area contributed by atoms with Gasteiger partial charge in [-0.2, -0.15) is 0 Å². The van der Waals surface area contributed by atoms with Crippen LogP contribution in [0.3, 0.4) is 0 Å². The molecule has 0 heterocycles. The SMILES string of the molecule is CCCC(CCC(C)C1CC1)C(CNCC)CC(C)(C)CCCC(C)C. The highest BCUT2D eigenvalue weighted by Gasteiger charge is 2.31. The molecule has 0 aromatic heterocycles. The van der Waals surface area contributed by atoms with Crippen molar-refractivity contribution in [3.05, 3.63) is 0 Å². The molecule has 1 N–H and O–H groups in total. The molecule has 0 spiro atoms. The molecule has 1 nitrogen and oxygen atoms in total. The van der Waals surface area contributed by atoms with Gasteiger partial charge in [0.2, 0.25) is 0 Å². The van der Waals surface area contributed by atoms with Gasteiger partial charge in [-0.3, -0.25) is 0 Å². The van der Waals surface area contributed by atoms with E-state index in [9.17, 15) is 0 Å². The standard InChI is InChI=1S/C25H51N/c1-8-11-23(14-13-21(5)22-15-16-22)24(19-26-9-2)18-25(6,7)17-10-12-20(3)4/h20-24,26H,8-19H2,1-7H3. The van der Waals surface area contributed by atoms with E-state index in [1.807, 2.05) is 0 Å². The van der Waals surface area contributed by atoms with Gasteiger partial charge in [0.25, 0.3) is 0 Å². The maximum Gasteiger partial charge on any atom is -0.00178 e. The zero-order valence-electron chi connectivity index (χ0n) is 19.4. The van der Waals surface area contributed by atoms with Crippen molar-refractivity contribution in [2.45, 2.75) is 113 Å². The molecule has 1 saturated carbocycles. The van der Waals surface area contributed by atoms with Crippen LogP contribution in [0.15, 0.2) is 0 Å². The van der Waals surface area contributed by atoms with Crippen molar-refractivity contribution in [1.82, 2.24) is 5.32 Å². The molecule has 0 saturated heterocycles. The Hall–Kier alpha value is -0.0400. The highest BCUT2D eigenvalue weighted by Crippen LogP contribution is 2.41. The molecule has 0 amide bonds. The van der Waals surface area contributed by atoms with Crippen LogP contribution >= 0.6 is 0 Å². The Morgan fingerprint density at radius 2 is 1.62 bits per heavy atom. The summed E-state index contributed by atoms with van der Waals surface area (Å²) < 4.78 is 0. The molecule has 156 valence electrons. The van der Waals surface area contributed by atoms with Crippen molar-refractivity contribution < 1.29 is 0 Å². The van der Waals surface area contributed by atoms with E-state index in [4.69, 9.17) is 0 Å². The van der Waals surface area contributed by atoms with Gasteiger partial charge in [0.15, 0.2) is 0 Å². The van der Waals surface area contributed by atoms with Gasteiger partial charge in [0, 0.05) is 0 Å². The monoisotopic (exact) mass is 365 g/mol. The molecule has 0 aromatic rings. The van der Waals surface area contributed by atoms with Crippen LogP contribution in [0.5, 0.6) is 0 Å². The van der Waals surface area contributed by atoms with Crippen molar-refractivity contribution in [2.75, 3.05) is 13.1 Å². The quantitative estimate of drug-likeness (QED) is 0.295. The summed E-state index contributed by atoms with van der Waals surface area (Å²) in [6, 6.07) is 0. The Balaban J connectivity index is 2.62. The van der Waals surface area contributed by atoms with Gasteiger partial charge in [0.05, 0.1) is 0 Å². The molecule has 1 aliphatic rings. The summed E-state index contributed by atoms with van der Waals surface area (Å²) in [6.45, 7) is 19.3. The van der Waals surface area contributed by atoms with E-state index < -0.39 is 0 Å². The predicted molar refractivity (Wildman–Crippen MR) is 119 cm³/mol. The van der Waals surface area contributed by atoms with Crippen LogP contribution in [0.1, 0.15) is 113 Å². The van der Waals surface area contributed by atoms with Crippen molar-refractivity contribution >= 4 is 0 Å². The van der Waals surface area contributed by atoms with Crippen LogP contribution in [0.25, 0.3) is 0 Å². The second-order valence-corrected chi connectivity index (χ2v) is 10.7. The number of hydrogen-bond acceptors (Lipinski definition) is 1. The van der Waals surface area contributed by atoms with E-state index >= 15 is 0 Å². The molecule has 26 heavy (non-hydrogen) atoms. The fourth-order valence-corrected chi connectivity index (χ4v) is 4.90. The molecule has 3 unspecified atom stereocenters. The molecule has 1 rings (SSSR count). The minimum Gasteiger partial charge on any atom is -0.317 e. The summed E-state index contributed by atoms with van der Waals surface area (Å²) in [7, 11) is 0. The minimum atomic E-state index is 0.489. The molecule has 1 aliphatic carbocycles. The first-order valence-corrected chi connectivity index (χ1v) is 12.0. The largest absolute Gasteiger partial charge is 0.317 e. The minimum absolute atomic E-state index is 0.489. The second-order valence-electron chi connectivity index (χ2n) is 10.7. The lowest BCUT2D eigenvalue weighted by molar-refractivity contribution is 0.166. The zero-order chi connectivity index (χ0) is 19.6. The van der Waals surface area contributed by atoms with Gasteiger partial charge in [-0.15, -0.1) is 0 Å². The van der Waals surface area contributed by atoms with Crippen LogP contribution in [0.2, 0.25) is 0 Å². The van der Waals surface area contributed by atoms with E-state index in [2.05, 4.69) is 53.8 Å². The first-order valence-electron chi connectivity index (χ1n) is 12.0. The topological polar surface area (TPSA) is 12.0 Å². The van der Waals surface area contributed by atoms with Crippen molar-refractivity contribution in [3.8, 4) is 0 Å². The summed E-state index contributed by atoms with van der Waals surface area (Å²) in [5, 5.41) is 3.71. The Bertz CT molecular complexity index is 342. The van der Waals surface area contributed by atoms with Crippen LogP contribution in [-0.4, -0.2) is 13.1 Å². The lowest BCUT2D eigenvalue weighted by Gasteiger charge is -2.35. The van der Waals surface area contributed by atoms with Gasteiger partial charge in [-0.05, 0) is 80.2 Å². The van der Waals surface area contributed by atoms with Gasteiger partial charge < -0.3 is 5.32 Å². The number of rotatable bonds is 16. The zero-order valence-corrected chi connectivity index (χ0v) is 19.4. The summed E-state index contributed by atoms with van der Waals surface area (Å²) in [5.74, 6) is 4.66. The van der Waals surface area contributed by atoms with Crippen LogP contribution in [0.4, 0.5) is 0 Å². The second kappa shape index (κ2) is 12.4. The molecular formula is C25H51N. The van der Waals surface area contributed by atoms with E-state index in [1.54, 1.807) is 0 Å². The lowest BCUT2D eigenvalue weighted by Crippen LogP contribution is -2.32. The maximum absolute atomic E-state index is 3.71. The maximum atomic E-state index is 3.71. The fourth-order valence-electron chi connectivity index (χ4n) is 4.90. The average molecular weight is 366 g/mol. The molecule has 1 heteroatoms. The molecule has 1 fully saturated rings. The average Bonchev–Trinajstić information content (AvgIpc) is 3.39. The third-order valence-corrected chi connectivity index (χ3v) is 6.85. The predicted octanol–water partition coefficient (Wildman–Crippen LogP) is 7.70. The molecule has 0 aliphatic heterocycles. The van der Waals surface area contributed by atoms with Gasteiger partial charge in [0.1, 0.15) is 0 Å². The summed E-state index contributed by atoms with van der Waals surface area (Å²) in [6.07, 6.45) is 14.3. The third kappa shape index (κ3) is 10.3. The number of nitrogens with one attached hydrogen (secondary N) is 1. The Morgan fingerprint density at radius 1 is 0.923 bits per heavy atom. The van der Waals surface area contributed by atoms with Crippen LogP contribution < -0.4 is 5.32 Å². The summed E-state index contributed by atoms with van der Waals surface area (Å²) in [5.41, 5.74) is 0.489. The highest BCUT2D eigenvalue weighted by atomic mass is 14.8. The number of hydrogen-bond donors (Lipinski definition) is 1. The van der Waals surface area contributed by atoms with E-state index in [0.717, 1.165) is 36.1 Å². The summed E-state index contributed by atoms with van der Waals surface area (Å²) >= 11 is 0. The van der Waals surface area contributed by atoms with E-state index in [1.165, 1.54) is 70.8 Å². The van der Waals surface area contributed by atoms with Gasteiger partial charge in [-0.25, -0.2) is 0 Å². The highest BCUT2D eigenvalue weighted by molar-refractivity contribution is 4.83. The normalized spacial score (nSPS) is 18.9. The first kappa shape index (κ1) is 24.0. The lowest BCUT2D eigenvalue weighted by atomic mass is 9.72. The van der Waals surface area contributed by atoms with Gasteiger partial charge >= 0.3 is 0 Å². The van der Waals surface area contributed by atoms with E-state index in [0.29, 0.717) is 5.41 Å². The third-order valence-electron chi connectivity index (χ3n) is 6.85. The Morgan fingerprint density at radius 3 is 2.15 bits per heavy atom. The Kier molecular flexibility index (Phi) is 11.5. The first-order chi connectivity index (χ1) is 12.3. The summed E-state index contributed by atoms with van der Waals surface area (Å²) in [4.78, 5) is 0. The molecular weight excluding hydrogens is 314 g/mol. The molecule has 0 bridgehead atoms. The van der Waals surface area contributed by atoms with Gasteiger partial charge in [-0.1, -0.05) is 80.6 Å². The van der Waals surface area contributed by atoms with Crippen molar-refractivity contribution in [1.29, 1.82) is 0 Å². The molecule has 0 aromatic carbocycles. The van der Waals surface area contributed by atoms with Crippen LogP contribution in [-0.2, 0) is 0 Å². The smallest absolute Gasteiger partial charge is 0.00178 e. The van der Waals surface area contributed by atoms with Crippen molar-refractivity contribution in [3.63, 3.8) is 0 Å². The fraction of sp³-hybridized carbons (Fsp3) is 1.00. The Labute approximate surface area is 166 Å². The molecule has 0 radical (unpaired) electrons. The van der Waals surface area contributed by atoms with Crippen LogP contribution in [0, 0.1) is 35.0 Å². The molecule has 3 atom stereocenters.